The van der Waals surface area contributed by atoms with Gasteiger partial charge >= 0.3 is 0 Å². The van der Waals surface area contributed by atoms with Crippen LogP contribution >= 0.6 is 0 Å². The van der Waals surface area contributed by atoms with Crippen LogP contribution in [0.2, 0.25) is 0 Å². The number of piperidine rings is 1. The van der Waals surface area contributed by atoms with Crippen LogP contribution in [0.15, 0.2) is 4.63 Å². The van der Waals surface area contributed by atoms with Gasteiger partial charge in [0, 0.05) is 25.6 Å². The molecule has 1 aliphatic carbocycles. The predicted molar refractivity (Wildman–Crippen MR) is 65.8 cm³/mol. The highest BCUT2D eigenvalue weighted by atomic mass is 16.6. The van der Waals surface area contributed by atoms with E-state index < -0.39 is 5.60 Å². The summed E-state index contributed by atoms with van der Waals surface area (Å²) < 4.78 is 4.74. The van der Waals surface area contributed by atoms with Crippen molar-refractivity contribution in [2.24, 2.45) is 5.92 Å². The first-order valence-electron chi connectivity index (χ1n) is 6.90. The van der Waals surface area contributed by atoms with Crippen LogP contribution in [0.4, 0.5) is 0 Å². The van der Waals surface area contributed by atoms with Crippen molar-refractivity contribution in [1.29, 1.82) is 0 Å². The van der Waals surface area contributed by atoms with Crippen LogP contribution in [0.1, 0.15) is 43.5 Å². The fraction of sp³-hybridized carbons (Fsp3) is 0.846. The Labute approximate surface area is 107 Å². The van der Waals surface area contributed by atoms with Crippen LogP contribution in [0.5, 0.6) is 0 Å². The second-order valence-electron chi connectivity index (χ2n) is 5.83. The van der Waals surface area contributed by atoms with Gasteiger partial charge in [0.2, 0.25) is 0 Å². The van der Waals surface area contributed by atoms with Gasteiger partial charge < -0.3 is 5.11 Å². The van der Waals surface area contributed by atoms with Crippen molar-refractivity contribution in [2.75, 3.05) is 13.1 Å². The van der Waals surface area contributed by atoms with E-state index in [4.69, 9.17) is 4.63 Å². The van der Waals surface area contributed by atoms with E-state index in [9.17, 15) is 5.11 Å². The van der Waals surface area contributed by atoms with Crippen molar-refractivity contribution in [1.82, 2.24) is 15.2 Å². The third-order valence-corrected chi connectivity index (χ3v) is 4.63. The first-order valence-corrected chi connectivity index (χ1v) is 6.90. The average molecular weight is 251 g/mol. The second kappa shape index (κ2) is 4.63. The molecule has 2 unspecified atom stereocenters. The first-order chi connectivity index (χ1) is 8.67. The SMILES string of the molecule is Cc1nonc1CN1CCC2(O)CCCCC2C1. The maximum atomic E-state index is 10.6. The van der Waals surface area contributed by atoms with Crippen molar-refractivity contribution in [3.05, 3.63) is 11.4 Å². The van der Waals surface area contributed by atoms with Gasteiger partial charge in [-0.3, -0.25) is 4.90 Å². The van der Waals surface area contributed by atoms with Crippen LogP contribution in [0.25, 0.3) is 0 Å². The summed E-state index contributed by atoms with van der Waals surface area (Å²) in [5.41, 5.74) is 1.40. The molecule has 5 heteroatoms. The van der Waals surface area contributed by atoms with E-state index in [1.807, 2.05) is 6.92 Å². The van der Waals surface area contributed by atoms with E-state index in [2.05, 4.69) is 15.2 Å². The Morgan fingerprint density at radius 1 is 1.39 bits per heavy atom. The Balaban J connectivity index is 1.65. The monoisotopic (exact) mass is 251 g/mol. The molecule has 0 bridgehead atoms. The molecule has 18 heavy (non-hydrogen) atoms. The second-order valence-corrected chi connectivity index (χ2v) is 5.83. The minimum Gasteiger partial charge on any atom is -0.390 e. The van der Waals surface area contributed by atoms with Crippen LogP contribution in [-0.4, -0.2) is 39.0 Å². The van der Waals surface area contributed by atoms with Crippen LogP contribution in [0.3, 0.4) is 0 Å². The standard InChI is InChI=1S/C13H21N3O2/c1-10-12(15-18-14-10)9-16-7-6-13(17)5-3-2-4-11(13)8-16/h11,17H,2-9H2,1H3. The molecule has 2 aliphatic rings. The highest BCUT2D eigenvalue weighted by Gasteiger charge is 2.42. The fourth-order valence-electron chi connectivity index (χ4n) is 3.39. The number of nitrogens with zero attached hydrogens (tertiary/aromatic N) is 3. The van der Waals surface area contributed by atoms with E-state index in [1.165, 1.54) is 12.8 Å². The van der Waals surface area contributed by atoms with Crippen LogP contribution in [-0.2, 0) is 6.54 Å². The summed E-state index contributed by atoms with van der Waals surface area (Å²) in [6.45, 7) is 4.64. The molecule has 3 rings (SSSR count). The molecule has 0 aromatic carbocycles. The highest BCUT2D eigenvalue weighted by molar-refractivity contribution is 5.05. The van der Waals surface area contributed by atoms with Gasteiger partial charge in [-0.05, 0) is 26.2 Å². The Bertz CT molecular complexity index is 420. The van der Waals surface area contributed by atoms with Crippen molar-refractivity contribution < 1.29 is 9.74 Å². The third-order valence-electron chi connectivity index (χ3n) is 4.63. The topological polar surface area (TPSA) is 62.4 Å². The zero-order valence-corrected chi connectivity index (χ0v) is 10.9. The molecule has 1 N–H and O–H groups in total. The minimum atomic E-state index is -0.397. The molecule has 2 atom stereocenters. The van der Waals surface area contributed by atoms with Gasteiger partial charge in [-0.1, -0.05) is 23.2 Å². The molecule has 2 fully saturated rings. The first kappa shape index (κ1) is 12.1. The van der Waals surface area contributed by atoms with Gasteiger partial charge in [0.25, 0.3) is 0 Å². The average Bonchev–Trinajstić information content (AvgIpc) is 2.75. The number of aryl methyl sites for hydroxylation is 1. The molecule has 1 saturated carbocycles. The molecule has 2 heterocycles. The molecular weight excluding hydrogens is 230 g/mol. The summed E-state index contributed by atoms with van der Waals surface area (Å²) in [6, 6.07) is 0. The van der Waals surface area contributed by atoms with Gasteiger partial charge in [-0.25, -0.2) is 4.63 Å². The van der Waals surface area contributed by atoms with E-state index in [0.29, 0.717) is 5.92 Å². The number of fused-ring (bicyclic) bond motifs is 1. The lowest BCUT2D eigenvalue weighted by Crippen LogP contribution is -2.53. The van der Waals surface area contributed by atoms with Gasteiger partial charge in [-0.15, -0.1) is 0 Å². The van der Waals surface area contributed by atoms with Crippen molar-refractivity contribution >= 4 is 0 Å². The van der Waals surface area contributed by atoms with Gasteiger partial charge in [0.05, 0.1) is 5.60 Å². The smallest absolute Gasteiger partial charge is 0.122 e. The molecular formula is C13H21N3O2. The van der Waals surface area contributed by atoms with E-state index in [0.717, 1.165) is 50.3 Å². The molecule has 0 radical (unpaired) electrons. The summed E-state index contributed by atoms with van der Waals surface area (Å²) in [5.74, 6) is 0.431. The van der Waals surface area contributed by atoms with Gasteiger partial charge in [0.1, 0.15) is 11.4 Å². The lowest BCUT2D eigenvalue weighted by molar-refractivity contribution is -0.0970. The molecule has 5 nitrogen and oxygen atoms in total. The lowest BCUT2D eigenvalue weighted by Gasteiger charge is -2.47. The quantitative estimate of drug-likeness (QED) is 0.863. The fourth-order valence-corrected chi connectivity index (χ4v) is 3.39. The number of likely N-dealkylation sites (tertiary alicyclic amines) is 1. The Kier molecular flexibility index (Phi) is 3.11. The summed E-state index contributed by atoms with van der Waals surface area (Å²) in [4.78, 5) is 2.37. The Morgan fingerprint density at radius 2 is 2.28 bits per heavy atom. The normalized spacial score (nSPS) is 33.3. The number of aliphatic hydroxyl groups is 1. The summed E-state index contributed by atoms with van der Waals surface area (Å²) in [5, 5.41) is 18.4. The van der Waals surface area contributed by atoms with Gasteiger partial charge in [-0.2, -0.15) is 0 Å². The summed E-state index contributed by atoms with van der Waals surface area (Å²) in [6.07, 6.45) is 5.46. The number of rotatable bonds is 2. The lowest BCUT2D eigenvalue weighted by atomic mass is 9.71. The van der Waals surface area contributed by atoms with E-state index in [-0.39, 0.29) is 0 Å². The molecule has 0 spiro atoms. The van der Waals surface area contributed by atoms with Crippen LogP contribution in [0, 0.1) is 12.8 Å². The molecule has 1 aliphatic heterocycles. The maximum Gasteiger partial charge on any atom is 0.122 e. The maximum absolute atomic E-state index is 10.6. The Morgan fingerprint density at radius 3 is 3.06 bits per heavy atom. The molecule has 1 aromatic heterocycles. The number of aromatic nitrogens is 2. The predicted octanol–water partition coefficient (Wildman–Crippen LogP) is 1.51. The largest absolute Gasteiger partial charge is 0.390 e. The third kappa shape index (κ3) is 2.17. The zero-order valence-electron chi connectivity index (χ0n) is 10.9. The molecule has 1 saturated heterocycles. The summed E-state index contributed by atoms with van der Waals surface area (Å²) >= 11 is 0. The van der Waals surface area contributed by atoms with Crippen molar-refractivity contribution in [3.63, 3.8) is 0 Å². The van der Waals surface area contributed by atoms with Crippen molar-refractivity contribution in [3.8, 4) is 0 Å². The highest BCUT2D eigenvalue weighted by Crippen LogP contribution is 2.39. The number of hydrogen-bond donors (Lipinski definition) is 1. The van der Waals surface area contributed by atoms with Gasteiger partial charge in [0.15, 0.2) is 0 Å². The van der Waals surface area contributed by atoms with Crippen molar-refractivity contribution in [2.45, 2.75) is 51.2 Å². The van der Waals surface area contributed by atoms with E-state index in [1.54, 1.807) is 0 Å². The minimum absolute atomic E-state index is 0.397. The molecule has 1 aromatic rings. The number of hydrogen-bond acceptors (Lipinski definition) is 5. The Hall–Kier alpha value is -0.940. The van der Waals surface area contributed by atoms with E-state index >= 15 is 0 Å². The molecule has 0 amide bonds. The summed E-state index contributed by atoms with van der Waals surface area (Å²) in [7, 11) is 0. The molecule has 100 valence electrons. The zero-order chi connectivity index (χ0) is 12.6. The van der Waals surface area contributed by atoms with Crippen LogP contribution < -0.4 is 0 Å².